The van der Waals surface area contributed by atoms with Crippen LogP contribution in [0.1, 0.15) is 41.0 Å². The molecule has 0 unspecified atom stereocenters. The van der Waals surface area contributed by atoms with E-state index in [1.165, 1.54) is 12.1 Å². The zero-order valence-electron chi connectivity index (χ0n) is 17.7. The predicted molar refractivity (Wildman–Crippen MR) is 109 cm³/mol. The number of nitro benzene ring substituents is 1. The number of carbonyl (C=O) groups excluding carboxylic acids is 5. The normalized spacial score (nSPS) is 17.3. The first kappa shape index (κ1) is 23.4. The van der Waals surface area contributed by atoms with Gasteiger partial charge in [-0.2, -0.15) is 0 Å². The Kier molecular flexibility index (Phi) is 6.70. The van der Waals surface area contributed by atoms with E-state index in [1.807, 2.05) is 0 Å². The van der Waals surface area contributed by atoms with E-state index in [1.54, 1.807) is 13.8 Å². The summed E-state index contributed by atoms with van der Waals surface area (Å²) in [7, 11) is 0. The number of urea groups is 1. The topological polar surface area (TPSA) is 174 Å². The van der Waals surface area contributed by atoms with Gasteiger partial charge in [0.1, 0.15) is 12.2 Å². The Morgan fingerprint density at radius 1 is 1.18 bits per heavy atom. The van der Waals surface area contributed by atoms with Crippen molar-refractivity contribution in [1.29, 1.82) is 0 Å². The number of fused-ring (bicyclic) bond motifs is 1. The van der Waals surface area contributed by atoms with Crippen molar-refractivity contribution < 1.29 is 38.4 Å². The number of nitrogens with one attached hydrogen (secondary N) is 2. The number of hydrogen-bond acceptors (Lipinski definition) is 9. The molecule has 4 amide bonds. The minimum absolute atomic E-state index is 0.0504. The highest BCUT2D eigenvalue weighted by Gasteiger charge is 2.41. The lowest BCUT2D eigenvalue weighted by Gasteiger charge is -2.26. The Labute approximate surface area is 186 Å². The lowest BCUT2D eigenvalue weighted by molar-refractivity contribution is -0.385. The average Bonchev–Trinajstić information content (AvgIpc) is 3.00. The summed E-state index contributed by atoms with van der Waals surface area (Å²) in [4.78, 5) is 72.3. The minimum atomic E-state index is -0.873. The van der Waals surface area contributed by atoms with Crippen LogP contribution in [0.25, 0.3) is 0 Å². The van der Waals surface area contributed by atoms with E-state index in [0.717, 1.165) is 11.0 Å². The van der Waals surface area contributed by atoms with Gasteiger partial charge in [0.05, 0.1) is 40.8 Å². The van der Waals surface area contributed by atoms with Crippen LogP contribution < -0.4 is 10.6 Å². The van der Waals surface area contributed by atoms with Gasteiger partial charge in [-0.15, -0.1) is 0 Å². The number of carbonyl (C=O) groups is 5. The fourth-order valence-corrected chi connectivity index (χ4v) is 3.49. The van der Waals surface area contributed by atoms with Crippen molar-refractivity contribution in [2.75, 3.05) is 19.8 Å². The molecule has 2 N–H and O–H groups in total. The monoisotopic (exact) mass is 460 g/mol. The zero-order chi connectivity index (χ0) is 24.3. The Morgan fingerprint density at radius 3 is 2.58 bits per heavy atom. The number of esters is 2. The maximum atomic E-state index is 12.5. The molecule has 174 valence electrons. The Balaban J connectivity index is 1.65. The summed E-state index contributed by atoms with van der Waals surface area (Å²) in [6.07, 6.45) is -0.400. The molecule has 2 aliphatic heterocycles. The van der Waals surface area contributed by atoms with E-state index in [2.05, 4.69) is 10.6 Å². The van der Waals surface area contributed by atoms with Crippen molar-refractivity contribution in [2.45, 2.75) is 26.3 Å². The molecule has 2 heterocycles. The number of ether oxygens (including phenoxy) is 2. The molecule has 1 aromatic rings. The molecule has 2 aliphatic rings. The molecule has 0 radical (unpaired) electrons. The second-order valence-electron chi connectivity index (χ2n) is 7.06. The molecule has 0 aromatic heterocycles. The quantitative estimate of drug-likeness (QED) is 0.244. The highest BCUT2D eigenvalue weighted by Crippen LogP contribution is 2.30. The first-order valence-corrected chi connectivity index (χ1v) is 9.92. The van der Waals surface area contributed by atoms with Crippen LogP contribution in [-0.2, 0) is 19.1 Å². The number of nitrogens with zero attached hydrogens (tertiary/aromatic N) is 2. The summed E-state index contributed by atoms with van der Waals surface area (Å²) in [5, 5.41) is 16.1. The highest BCUT2D eigenvalue weighted by molar-refractivity contribution is 6.23. The second kappa shape index (κ2) is 9.46. The standard InChI is InChI=1S/C20H20N4O9/c1-3-32-19(28)15-10(2)21-20(29)22-12(15)9-33-14(25)7-8-23-17(26)11-5-4-6-13(24(30)31)16(11)18(23)27/h4-6,10H,3,7-9H2,1-2H3,(H2,21,22,29)/t10-/m1/s1. The van der Waals surface area contributed by atoms with Gasteiger partial charge >= 0.3 is 18.0 Å². The van der Waals surface area contributed by atoms with E-state index < -0.39 is 59.5 Å². The number of hydrogen-bond donors (Lipinski definition) is 2. The van der Waals surface area contributed by atoms with Gasteiger partial charge in [-0.1, -0.05) is 6.07 Å². The van der Waals surface area contributed by atoms with Crippen molar-refractivity contribution >= 4 is 35.5 Å². The Morgan fingerprint density at radius 2 is 1.91 bits per heavy atom. The van der Waals surface area contributed by atoms with Crippen LogP contribution in [0.5, 0.6) is 0 Å². The van der Waals surface area contributed by atoms with Crippen LogP contribution in [0, 0.1) is 10.1 Å². The Bertz CT molecular complexity index is 1100. The first-order valence-electron chi connectivity index (χ1n) is 9.92. The third-order valence-electron chi connectivity index (χ3n) is 4.96. The smallest absolute Gasteiger partial charge is 0.338 e. The molecular weight excluding hydrogens is 440 g/mol. The van der Waals surface area contributed by atoms with Gasteiger partial charge in [0.2, 0.25) is 0 Å². The van der Waals surface area contributed by atoms with Crippen LogP contribution in [-0.4, -0.2) is 65.4 Å². The summed E-state index contributed by atoms with van der Waals surface area (Å²) in [6, 6.07) is 2.44. The van der Waals surface area contributed by atoms with Gasteiger partial charge in [0, 0.05) is 12.6 Å². The number of rotatable bonds is 8. The summed E-state index contributed by atoms with van der Waals surface area (Å²) in [5.74, 6) is -3.13. The fraction of sp³-hybridized carbons (Fsp3) is 0.350. The van der Waals surface area contributed by atoms with Crippen LogP contribution >= 0.6 is 0 Å². The molecular formula is C20H20N4O9. The van der Waals surface area contributed by atoms with Gasteiger partial charge in [0.15, 0.2) is 0 Å². The average molecular weight is 460 g/mol. The van der Waals surface area contributed by atoms with Gasteiger partial charge in [-0.3, -0.25) is 29.4 Å². The Hall–Kier alpha value is -4.29. The van der Waals surface area contributed by atoms with Gasteiger partial charge in [-0.25, -0.2) is 9.59 Å². The van der Waals surface area contributed by atoms with Crippen LogP contribution in [0.4, 0.5) is 10.5 Å². The molecule has 0 saturated carbocycles. The molecule has 1 aromatic carbocycles. The van der Waals surface area contributed by atoms with E-state index in [9.17, 15) is 34.1 Å². The SMILES string of the molecule is CCOC(=O)C1=C(COC(=O)CCN2C(=O)c3cccc([N+](=O)[O-])c3C2=O)NC(=O)N[C@@H]1C. The molecule has 3 rings (SSSR count). The van der Waals surface area contributed by atoms with Crippen LogP contribution in [0.3, 0.4) is 0 Å². The maximum Gasteiger partial charge on any atom is 0.338 e. The van der Waals surface area contributed by atoms with Gasteiger partial charge in [0.25, 0.3) is 17.5 Å². The minimum Gasteiger partial charge on any atom is -0.463 e. The maximum absolute atomic E-state index is 12.5. The van der Waals surface area contributed by atoms with Crippen LogP contribution in [0.15, 0.2) is 29.5 Å². The molecule has 0 bridgehead atoms. The molecule has 1 atom stereocenters. The molecule has 0 saturated heterocycles. The third-order valence-corrected chi connectivity index (χ3v) is 4.96. The summed E-state index contributed by atoms with van der Waals surface area (Å²) in [5.41, 5.74) is -0.786. The van der Waals surface area contributed by atoms with Crippen molar-refractivity contribution in [3.63, 3.8) is 0 Å². The van der Waals surface area contributed by atoms with Crippen molar-refractivity contribution in [3.8, 4) is 0 Å². The molecule has 0 fully saturated rings. The largest absolute Gasteiger partial charge is 0.463 e. The lowest BCUT2D eigenvalue weighted by atomic mass is 10.0. The molecule has 0 spiro atoms. The number of amides is 4. The summed E-state index contributed by atoms with van der Waals surface area (Å²) >= 11 is 0. The molecule has 13 heteroatoms. The summed E-state index contributed by atoms with van der Waals surface area (Å²) in [6.45, 7) is 2.48. The lowest BCUT2D eigenvalue weighted by Crippen LogP contribution is -2.50. The number of benzene rings is 1. The molecule has 0 aliphatic carbocycles. The van der Waals surface area contributed by atoms with E-state index in [0.29, 0.717) is 0 Å². The van der Waals surface area contributed by atoms with Crippen LogP contribution in [0.2, 0.25) is 0 Å². The van der Waals surface area contributed by atoms with E-state index >= 15 is 0 Å². The van der Waals surface area contributed by atoms with E-state index in [-0.39, 0.29) is 35.5 Å². The van der Waals surface area contributed by atoms with Crippen molar-refractivity contribution in [2.24, 2.45) is 0 Å². The highest BCUT2D eigenvalue weighted by atomic mass is 16.6. The third kappa shape index (κ3) is 4.66. The predicted octanol–water partition coefficient (Wildman–Crippen LogP) is 0.643. The van der Waals surface area contributed by atoms with Gasteiger partial charge in [-0.05, 0) is 19.9 Å². The molecule has 13 nitrogen and oxygen atoms in total. The van der Waals surface area contributed by atoms with Crippen molar-refractivity contribution in [3.05, 3.63) is 50.7 Å². The first-order chi connectivity index (χ1) is 15.6. The molecule has 33 heavy (non-hydrogen) atoms. The fourth-order valence-electron chi connectivity index (χ4n) is 3.49. The summed E-state index contributed by atoms with van der Waals surface area (Å²) < 4.78 is 10.1. The zero-order valence-corrected chi connectivity index (χ0v) is 17.7. The number of imide groups is 1. The van der Waals surface area contributed by atoms with Gasteiger partial charge < -0.3 is 20.1 Å². The number of nitro groups is 1. The van der Waals surface area contributed by atoms with E-state index in [4.69, 9.17) is 9.47 Å². The van der Waals surface area contributed by atoms with Crippen molar-refractivity contribution in [1.82, 2.24) is 15.5 Å². The second-order valence-corrected chi connectivity index (χ2v) is 7.06.